The van der Waals surface area contributed by atoms with Gasteiger partial charge < -0.3 is 9.84 Å². The topological polar surface area (TPSA) is 66.8 Å². The number of ether oxygens (including phenoxy) is 1. The van der Waals surface area contributed by atoms with Crippen LogP contribution in [0.3, 0.4) is 0 Å². The quantitative estimate of drug-likeness (QED) is 0.668. The van der Waals surface area contributed by atoms with E-state index >= 15 is 0 Å². The lowest BCUT2D eigenvalue weighted by molar-refractivity contribution is 0.0938. The lowest BCUT2D eigenvalue weighted by Crippen LogP contribution is -2.42. The van der Waals surface area contributed by atoms with Crippen molar-refractivity contribution in [1.82, 2.24) is 4.90 Å². The second-order valence-electron chi connectivity index (χ2n) is 4.94. The van der Waals surface area contributed by atoms with Crippen LogP contribution in [0.1, 0.15) is 25.3 Å². The van der Waals surface area contributed by atoms with Crippen molar-refractivity contribution in [2.75, 3.05) is 6.54 Å². The van der Waals surface area contributed by atoms with Gasteiger partial charge in [0.25, 0.3) is 0 Å². The Kier molecular flexibility index (Phi) is 3.41. The first-order valence-corrected chi connectivity index (χ1v) is 6.18. The molecule has 1 atom stereocenters. The molecule has 6 heteroatoms. The van der Waals surface area contributed by atoms with Crippen LogP contribution < -0.4 is 4.74 Å². The second-order valence-corrected chi connectivity index (χ2v) is 5.27. The van der Waals surface area contributed by atoms with Gasteiger partial charge in [0.05, 0.1) is 0 Å². The Labute approximate surface area is 115 Å². The number of hydrogen-bond donors (Lipinski definition) is 1. The van der Waals surface area contributed by atoms with Gasteiger partial charge in [0.2, 0.25) is 0 Å². The molecule has 0 saturated heterocycles. The predicted molar refractivity (Wildman–Crippen MR) is 69.9 cm³/mol. The third-order valence-electron chi connectivity index (χ3n) is 3.31. The average molecular weight is 284 g/mol. The van der Waals surface area contributed by atoms with E-state index in [9.17, 15) is 9.59 Å². The van der Waals surface area contributed by atoms with Gasteiger partial charge >= 0.3 is 11.5 Å². The number of halogens is 1. The minimum Gasteiger partial charge on any atom is -0.487 e. The van der Waals surface area contributed by atoms with E-state index in [4.69, 9.17) is 21.4 Å². The van der Waals surface area contributed by atoms with Crippen LogP contribution in [-0.4, -0.2) is 33.6 Å². The summed E-state index contributed by atoms with van der Waals surface area (Å²) in [6, 6.07) is 7.39. The molecule has 0 fully saturated rings. The maximum atomic E-state index is 11.2. The van der Waals surface area contributed by atoms with Crippen LogP contribution in [0.25, 0.3) is 0 Å². The Morgan fingerprint density at radius 3 is 2.63 bits per heavy atom. The molecule has 1 aliphatic rings. The molecular weight excluding hydrogens is 270 g/mol. The smallest absolute Gasteiger partial charge is 0.415 e. The summed E-state index contributed by atoms with van der Waals surface area (Å²) in [4.78, 5) is 22.8. The molecular formula is C13H14ClNO4. The zero-order chi connectivity index (χ0) is 14.2. The fourth-order valence-electron chi connectivity index (χ4n) is 2.32. The van der Waals surface area contributed by atoms with Crippen LogP contribution in [0.4, 0.5) is 9.59 Å². The molecule has 1 aromatic rings. The van der Waals surface area contributed by atoms with Crippen molar-refractivity contribution in [2.45, 2.75) is 25.4 Å². The fourth-order valence-corrected chi connectivity index (χ4v) is 2.46. The third kappa shape index (κ3) is 2.51. The van der Waals surface area contributed by atoms with Crippen LogP contribution in [0.5, 0.6) is 5.75 Å². The van der Waals surface area contributed by atoms with Gasteiger partial charge in [-0.25, -0.2) is 9.69 Å². The third-order valence-corrected chi connectivity index (χ3v) is 3.52. The van der Waals surface area contributed by atoms with E-state index < -0.39 is 17.1 Å². The Morgan fingerprint density at radius 2 is 2.05 bits per heavy atom. The number of nitrogens with zero attached hydrogens (tertiary/aromatic N) is 1. The highest BCUT2D eigenvalue weighted by Gasteiger charge is 2.43. The Morgan fingerprint density at radius 1 is 1.42 bits per heavy atom. The Bertz CT molecular complexity index is 515. The highest BCUT2D eigenvalue weighted by atomic mass is 35.5. The molecule has 0 bridgehead atoms. The molecule has 0 saturated carbocycles. The van der Waals surface area contributed by atoms with Gasteiger partial charge in [-0.3, -0.25) is 4.79 Å². The first-order chi connectivity index (χ1) is 8.83. The maximum Gasteiger partial charge on any atom is 0.415 e. The summed E-state index contributed by atoms with van der Waals surface area (Å²) >= 11 is 5.30. The summed E-state index contributed by atoms with van der Waals surface area (Å²) in [5.41, 5.74) is 0.292. The number of amides is 2. The van der Waals surface area contributed by atoms with Crippen molar-refractivity contribution >= 4 is 23.1 Å². The molecule has 0 aliphatic carbocycles. The van der Waals surface area contributed by atoms with E-state index in [0.29, 0.717) is 10.6 Å². The van der Waals surface area contributed by atoms with Gasteiger partial charge in [-0.05, 0) is 31.5 Å². The zero-order valence-electron chi connectivity index (χ0n) is 10.6. The molecule has 0 aromatic heterocycles. The van der Waals surface area contributed by atoms with E-state index in [1.165, 1.54) is 0 Å². The maximum absolute atomic E-state index is 11.2. The summed E-state index contributed by atoms with van der Waals surface area (Å²) in [6.45, 7) is 3.69. The van der Waals surface area contributed by atoms with Gasteiger partial charge in [-0.15, -0.1) is 0 Å². The van der Waals surface area contributed by atoms with Crippen molar-refractivity contribution in [3.05, 3.63) is 29.8 Å². The molecule has 5 nitrogen and oxygen atoms in total. The van der Waals surface area contributed by atoms with Gasteiger partial charge in [-0.1, -0.05) is 18.2 Å². The summed E-state index contributed by atoms with van der Waals surface area (Å²) in [6.07, 6.45) is -1.36. The lowest BCUT2D eigenvalue weighted by Gasteiger charge is -2.28. The molecule has 1 unspecified atom stereocenters. The predicted octanol–water partition coefficient (Wildman–Crippen LogP) is 3.28. The van der Waals surface area contributed by atoms with Crippen LogP contribution >= 0.6 is 11.6 Å². The molecule has 2 rings (SSSR count). The van der Waals surface area contributed by atoms with Crippen LogP contribution in [0.2, 0.25) is 0 Å². The van der Waals surface area contributed by atoms with Crippen molar-refractivity contribution in [1.29, 1.82) is 0 Å². The van der Waals surface area contributed by atoms with Crippen molar-refractivity contribution in [3.8, 4) is 5.75 Å². The summed E-state index contributed by atoms with van der Waals surface area (Å²) in [7, 11) is 0. The van der Waals surface area contributed by atoms with E-state index in [1.54, 1.807) is 0 Å². The molecule has 0 radical (unpaired) electrons. The number of carbonyl (C=O) groups is 2. The molecule has 102 valence electrons. The number of benzene rings is 1. The van der Waals surface area contributed by atoms with Crippen LogP contribution in [0, 0.1) is 0 Å². The van der Waals surface area contributed by atoms with Gasteiger partial charge in [0.15, 0.2) is 0 Å². The molecule has 1 N–H and O–H groups in total. The van der Waals surface area contributed by atoms with Gasteiger partial charge in [0.1, 0.15) is 11.4 Å². The van der Waals surface area contributed by atoms with Crippen molar-refractivity contribution in [2.24, 2.45) is 0 Å². The van der Waals surface area contributed by atoms with E-state index in [-0.39, 0.29) is 12.5 Å². The summed E-state index contributed by atoms with van der Waals surface area (Å²) in [5, 5.41) is 8.00. The van der Waals surface area contributed by atoms with Crippen LogP contribution in [-0.2, 0) is 0 Å². The minimum atomic E-state index is -1.36. The number of para-hydroxylation sites is 1. The summed E-state index contributed by atoms with van der Waals surface area (Å²) in [5.74, 6) is 0.465. The monoisotopic (exact) mass is 283 g/mol. The number of fused-ring (bicyclic) bond motifs is 1. The standard InChI is InChI=1S/C13H14ClNO4/c1-13(2)9(7-15(11(14)16)12(17)18)8-5-3-4-6-10(8)19-13/h3-6,9H,7H2,1-2H3,(H,17,18). The average Bonchev–Trinajstić information content (AvgIpc) is 2.55. The Hall–Kier alpha value is -1.75. The molecule has 1 aliphatic heterocycles. The molecule has 0 spiro atoms. The number of rotatable bonds is 2. The zero-order valence-corrected chi connectivity index (χ0v) is 11.3. The second kappa shape index (κ2) is 4.74. The number of hydrogen-bond acceptors (Lipinski definition) is 3. The molecule has 1 heterocycles. The number of carbonyl (C=O) groups excluding carboxylic acids is 1. The molecule has 1 aromatic carbocycles. The van der Waals surface area contributed by atoms with Gasteiger partial charge in [-0.2, -0.15) is 0 Å². The van der Waals surface area contributed by atoms with Crippen molar-refractivity contribution < 1.29 is 19.4 Å². The summed E-state index contributed by atoms with van der Waals surface area (Å²) < 4.78 is 5.79. The minimum absolute atomic E-state index is 0.0261. The Balaban J connectivity index is 2.33. The highest BCUT2D eigenvalue weighted by molar-refractivity contribution is 6.63. The largest absolute Gasteiger partial charge is 0.487 e. The first-order valence-electron chi connectivity index (χ1n) is 5.81. The van der Waals surface area contributed by atoms with E-state index in [2.05, 4.69) is 0 Å². The normalized spacial score (nSPS) is 19.4. The fraction of sp³-hybridized carbons (Fsp3) is 0.385. The van der Waals surface area contributed by atoms with Gasteiger partial charge in [0, 0.05) is 18.0 Å². The SMILES string of the molecule is CC1(C)Oc2ccccc2C1CN(C(=O)O)C(=O)Cl. The highest BCUT2D eigenvalue weighted by Crippen LogP contribution is 2.44. The molecule has 19 heavy (non-hydrogen) atoms. The van der Waals surface area contributed by atoms with Crippen LogP contribution in [0.15, 0.2) is 24.3 Å². The van der Waals surface area contributed by atoms with E-state index in [1.807, 2.05) is 38.1 Å². The molecule has 2 amide bonds. The van der Waals surface area contributed by atoms with Crippen molar-refractivity contribution in [3.63, 3.8) is 0 Å². The number of imide groups is 1. The number of carboxylic acid groups (broad SMARTS) is 1. The lowest BCUT2D eigenvalue weighted by atomic mass is 9.86. The first kappa shape index (κ1) is 13.7. The van der Waals surface area contributed by atoms with E-state index in [0.717, 1.165) is 5.56 Å².